The topological polar surface area (TPSA) is 21.3 Å². The molecule has 0 aromatic heterocycles. The minimum atomic E-state index is -0.269. The second kappa shape index (κ2) is 7.47. The van der Waals surface area contributed by atoms with Crippen LogP contribution in [0.15, 0.2) is 48.5 Å². The Hall–Kier alpha value is -2.31. The monoisotopic (exact) mass is 283 g/mol. The third-order valence-electron chi connectivity index (χ3n) is 3.18. The minimum Gasteiger partial charge on any atom is -0.481 e. The summed E-state index contributed by atoms with van der Waals surface area (Å²) in [6, 6.07) is 14.3. The molecule has 0 amide bonds. The molecule has 1 unspecified atom stereocenters. The predicted molar refractivity (Wildman–Crippen MR) is 82.7 cm³/mol. The van der Waals surface area contributed by atoms with Crippen LogP contribution < -0.4 is 10.1 Å². The van der Waals surface area contributed by atoms with E-state index >= 15 is 0 Å². The maximum absolute atomic E-state index is 13.3. The van der Waals surface area contributed by atoms with Crippen LogP contribution in [0.4, 0.5) is 4.39 Å². The zero-order valence-corrected chi connectivity index (χ0v) is 12.2. The normalized spacial score (nSPS) is 11.4. The van der Waals surface area contributed by atoms with E-state index in [4.69, 9.17) is 4.74 Å². The van der Waals surface area contributed by atoms with Crippen molar-refractivity contribution in [1.82, 2.24) is 5.32 Å². The first-order valence-electron chi connectivity index (χ1n) is 6.84. The van der Waals surface area contributed by atoms with Crippen LogP contribution in [0.3, 0.4) is 0 Å². The van der Waals surface area contributed by atoms with E-state index in [1.54, 1.807) is 6.07 Å². The Bertz CT molecular complexity index is 643. The zero-order chi connectivity index (χ0) is 15.1. The van der Waals surface area contributed by atoms with Crippen LogP contribution in [0.2, 0.25) is 0 Å². The quantitative estimate of drug-likeness (QED) is 0.867. The number of rotatable bonds is 4. The Kier molecular flexibility index (Phi) is 5.36. The van der Waals surface area contributed by atoms with Crippen molar-refractivity contribution in [2.75, 3.05) is 13.7 Å². The van der Waals surface area contributed by atoms with E-state index < -0.39 is 0 Å². The van der Waals surface area contributed by atoms with Crippen LogP contribution in [0.25, 0.3) is 0 Å². The molecule has 0 bridgehead atoms. The molecule has 21 heavy (non-hydrogen) atoms. The maximum Gasteiger partial charge on any atom is 0.149 e. The van der Waals surface area contributed by atoms with Gasteiger partial charge >= 0.3 is 0 Å². The molecule has 1 atom stereocenters. The van der Waals surface area contributed by atoms with Crippen LogP contribution >= 0.6 is 0 Å². The second-order valence-electron chi connectivity index (χ2n) is 4.65. The first kappa shape index (κ1) is 15.1. The molecule has 2 rings (SSSR count). The highest BCUT2D eigenvalue weighted by Gasteiger charge is 2.10. The molecule has 0 aliphatic heterocycles. The van der Waals surface area contributed by atoms with Crippen molar-refractivity contribution in [3.8, 4) is 17.6 Å². The molecule has 0 radical (unpaired) electrons. The van der Waals surface area contributed by atoms with E-state index in [9.17, 15) is 4.39 Å². The van der Waals surface area contributed by atoms with E-state index in [0.29, 0.717) is 5.75 Å². The number of ether oxygens (including phenoxy) is 1. The minimum absolute atomic E-state index is 0.0118. The molecule has 2 aromatic carbocycles. The lowest BCUT2D eigenvalue weighted by Crippen LogP contribution is -2.14. The van der Waals surface area contributed by atoms with Gasteiger partial charge in [-0.15, -0.1) is 0 Å². The number of hydrogen-bond acceptors (Lipinski definition) is 2. The average molecular weight is 283 g/mol. The van der Waals surface area contributed by atoms with Crippen LogP contribution in [0.1, 0.15) is 24.1 Å². The van der Waals surface area contributed by atoms with Crippen molar-refractivity contribution in [2.45, 2.75) is 13.0 Å². The van der Waals surface area contributed by atoms with Gasteiger partial charge in [-0.3, -0.25) is 0 Å². The molecular formula is C18H18FNO. The lowest BCUT2D eigenvalue weighted by atomic mass is 10.1. The first-order chi connectivity index (χ1) is 10.2. The van der Waals surface area contributed by atoms with E-state index in [2.05, 4.69) is 17.2 Å². The molecule has 0 heterocycles. The van der Waals surface area contributed by atoms with Crippen molar-refractivity contribution in [3.63, 3.8) is 0 Å². The fraction of sp³-hybridized carbons (Fsp3) is 0.222. The van der Waals surface area contributed by atoms with Gasteiger partial charge in [0.2, 0.25) is 0 Å². The largest absolute Gasteiger partial charge is 0.481 e. The summed E-state index contributed by atoms with van der Waals surface area (Å²) in [7, 11) is 1.83. The summed E-state index contributed by atoms with van der Waals surface area (Å²) in [6.07, 6.45) is 0. The van der Waals surface area contributed by atoms with Crippen LogP contribution in [-0.4, -0.2) is 13.7 Å². The number of halogens is 1. The Morgan fingerprint density at radius 3 is 2.67 bits per heavy atom. The molecule has 0 spiro atoms. The standard InChI is InChI=1S/C18H18FNO/c1-14(20-2)17-13-16(19)10-11-18(17)21-12-6-9-15-7-4-3-5-8-15/h3-5,7-8,10-11,13-14,20H,12H2,1-2H3. The van der Waals surface area contributed by atoms with Gasteiger partial charge in [-0.25, -0.2) is 4.39 Å². The van der Waals surface area contributed by atoms with Gasteiger partial charge in [0.05, 0.1) is 0 Å². The zero-order valence-electron chi connectivity index (χ0n) is 12.2. The van der Waals surface area contributed by atoms with Crippen LogP contribution in [0, 0.1) is 17.7 Å². The summed E-state index contributed by atoms with van der Waals surface area (Å²) in [5.74, 6) is 6.37. The third-order valence-corrected chi connectivity index (χ3v) is 3.18. The van der Waals surface area contributed by atoms with Gasteiger partial charge in [0.25, 0.3) is 0 Å². The Morgan fingerprint density at radius 1 is 1.19 bits per heavy atom. The van der Waals surface area contributed by atoms with Crippen LogP contribution in [-0.2, 0) is 0 Å². The number of benzene rings is 2. The summed E-state index contributed by atoms with van der Waals surface area (Å²) in [5, 5.41) is 3.08. The molecule has 0 saturated carbocycles. The summed E-state index contributed by atoms with van der Waals surface area (Å²) >= 11 is 0. The second-order valence-corrected chi connectivity index (χ2v) is 4.65. The molecule has 108 valence electrons. The van der Waals surface area contributed by atoms with Crippen molar-refractivity contribution in [1.29, 1.82) is 0 Å². The lowest BCUT2D eigenvalue weighted by molar-refractivity contribution is 0.360. The molecule has 0 fully saturated rings. The summed E-state index contributed by atoms with van der Waals surface area (Å²) in [6.45, 7) is 2.22. The van der Waals surface area contributed by atoms with E-state index in [0.717, 1.165) is 11.1 Å². The lowest BCUT2D eigenvalue weighted by Gasteiger charge is -2.15. The van der Waals surface area contributed by atoms with Crippen LogP contribution in [0.5, 0.6) is 5.75 Å². The Balaban J connectivity index is 2.05. The first-order valence-corrected chi connectivity index (χ1v) is 6.84. The molecule has 0 aliphatic rings. The van der Waals surface area contributed by atoms with Gasteiger partial charge in [-0.05, 0) is 44.3 Å². The third kappa shape index (κ3) is 4.34. The molecule has 0 saturated heterocycles. The highest BCUT2D eigenvalue weighted by Crippen LogP contribution is 2.25. The van der Waals surface area contributed by atoms with Gasteiger partial charge in [-0.2, -0.15) is 0 Å². The highest BCUT2D eigenvalue weighted by molar-refractivity contribution is 5.37. The van der Waals surface area contributed by atoms with Gasteiger partial charge < -0.3 is 10.1 Å². The maximum atomic E-state index is 13.3. The van der Waals surface area contributed by atoms with Crippen molar-refractivity contribution in [3.05, 3.63) is 65.5 Å². The molecule has 0 aliphatic carbocycles. The molecule has 1 N–H and O–H groups in total. The van der Waals surface area contributed by atoms with Crippen molar-refractivity contribution < 1.29 is 9.13 Å². The van der Waals surface area contributed by atoms with Gasteiger partial charge in [0, 0.05) is 17.2 Å². The smallest absolute Gasteiger partial charge is 0.149 e. The number of nitrogens with one attached hydrogen (secondary N) is 1. The van der Waals surface area contributed by atoms with Crippen molar-refractivity contribution in [2.24, 2.45) is 0 Å². The van der Waals surface area contributed by atoms with Gasteiger partial charge in [-0.1, -0.05) is 30.0 Å². The summed E-state index contributed by atoms with van der Waals surface area (Å²) in [4.78, 5) is 0. The Morgan fingerprint density at radius 2 is 1.95 bits per heavy atom. The SMILES string of the molecule is CNC(C)c1cc(F)ccc1OCC#Cc1ccccc1. The van der Waals surface area contributed by atoms with Gasteiger partial charge in [0.1, 0.15) is 18.2 Å². The number of hydrogen-bond donors (Lipinski definition) is 1. The fourth-order valence-corrected chi connectivity index (χ4v) is 1.92. The highest BCUT2D eigenvalue weighted by atomic mass is 19.1. The molecule has 2 nitrogen and oxygen atoms in total. The van der Waals surface area contributed by atoms with Crippen molar-refractivity contribution >= 4 is 0 Å². The predicted octanol–water partition coefficient (Wildman–Crippen LogP) is 3.54. The molecule has 3 heteroatoms. The van der Waals surface area contributed by atoms with E-state index in [1.807, 2.05) is 44.3 Å². The molecule has 2 aromatic rings. The average Bonchev–Trinajstić information content (AvgIpc) is 2.53. The van der Waals surface area contributed by atoms with E-state index in [-0.39, 0.29) is 18.5 Å². The van der Waals surface area contributed by atoms with Gasteiger partial charge in [0.15, 0.2) is 0 Å². The fourth-order valence-electron chi connectivity index (χ4n) is 1.92. The van der Waals surface area contributed by atoms with E-state index in [1.165, 1.54) is 12.1 Å². The molecular weight excluding hydrogens is 265 g/mol. The summed E-state index contributed by atoms with van der Waals surface area (Å²) in [5.41, 5.74) is 1.74. The Labute approximate surface area is 125 Å². The summed E-state index contributed by atoms with van der Waals surface area (Å²) < 4.78 is 19.0.